The molecule has 0 heterocycles. The fourth-order valence-corrected chi connectivity index (χ4v) is 2.87. The zero-order valence-electron chi connectivity index (χ0n) is 12.1. The quantitative estimate of drug-likeness (QED) is 0.824. The molecule has 2 N–H and O–H groups in total. The SMILES string of the molecule is CC(=O)Nc1ccc(S(=O)(=O)N(C)CCC(C)O)c(F)c1. The zero-order chi connectivity index (χ0) is 16.2. The third kappa shape index (κ3) is 4.76. The van der Waals surface area contributed by atoms with E-state index in [1.807, 2.05) is 0 Å². The highest BCUT2D eigenvalue weighted by Gasteiger charge is 2.24. The number of hydrogen-bond acceptors (Lipinski definition) is 4. The first-order chi connectivity index (χ1) is 9.64. The summed E-state index contributed by atoms with van der Waals surface area (Å²) in [5, 5.41) is 11.5. The summed E-state index contributed by atoms with van der Waals surface area (Å²) in [6.45, 7) is 2.89. The second kappa shape index (κ2) is 6.97. The van der Waals surface area contributed by atoms with Crippen LogP contribution < -0.4 is 5.32 Å². The van der Waals surface area contributed by atoms with E-state index in [-0.39, 0.29) is 24.6 Å². The van der Waals surface area contributed by atoms with Crippen molar-refractivity contribution >= 4 is 21.6 Å². The van der Waals surface area contributed by atoms with E-state index in [4.69, 9.17) is 0 Å². The molecule has 1 rings (SSSR count). The number of benzene rings is 1. The van der Waals surface area contributed by atoms with E-state index in [9.17, 15) is 22.7 Å². The van der Waals surface area contributed by atoms with Crippen molar-refractivity contribution in [2.45, 2.75) is 31.3 Å². The summed E-state index contributed by atoms with van der Waals surface area (Å²) in [7, 11) is -2.66. The van der Waals surface area contributed by atoms with Gasteiger partial charge in [-0.15, -0.1) is 0 Å². The molecular weight excluding hydrogens is 299 g/mol. The van der Waals surface area contributed by atoms with E-state index in [1.54, 1.807) is 6.92 Å². The van der Waals surface area contributed by atoms with Gasteiger partial charge in [-0.05, 0) is 31.5 Å². The highest BCUT2D eigenvalue weighted by molar-refractivity contribution is 7.89. The average Bonchev–Trinajstić information content (AvgIpc) is 2.34. The van der Waals surface area contributed by atoms with Crippen LogP contribution in [0, 0.1) is 5.82 Å². The molecule has 1 aromatic carbocycles. The van der Waals surface area contributed by atoms with Crippen molar-refractivity contribution in [2.75, 3.05) is 18.9 Å². The number of carbonyl (C=O) groups excluding carboxylic acids is 1. The van der Waals surface area contributed by atoms with E-state index in [1.165, 1.54) is 20.0 Å². The van der Waals surface area contributed by atoms with Crippen molar-refractivity contribution in [1.82, 2.24) is 4.31 Å². The Hall–Kier alpha value is -1.51. The number of nitrogens with one attached hydrogen (secondary N) is 1. The third-order valence-corrected chi connectivity index (χ3v) is 4.69. The minimum absolute atomic E-state index is 0.0763. The van der Waals surface area contributed by atoms with Gasteiger partial charge < -0.3 is 10.4 Å². The molecule has 1 atom stereocenters. The Kier molecular flexibility index (Phi) is 5.82. The monoisotopic (exact) mass is 318 g/mol. The minimum atomic E-state index is -3.98. The molecule has 1 aromatic rings. The summed E-state index contributed by atoms with van der Waals surface area (Å²) in [6.07, 6.45) is -0.393. The molecule has 0 fully saturated rings. The van der Waals surface area contributed by atoms with Crippen LogP contribution >= 0.6 is 0 Å². The van der Waals surface area contributed by atoms with Gasteiger partial charge in [-0.2, -0.15) is 0 Å². The van der Waals surface area contributed by atoms with Crippen molar-refractivity contribution in [2.24, 2.45) is 0 Å². The molecule has 1 unspecified atom stereocenters. The number of aliphatic hydroxyl groups excluding tert-OH is 1. The van der Waals surface area contributed by atoms with E-state index in [0.29, 0.717) is 0 Å². The molecule has 0 aliphatic carbocycles. The summed E-state index contributed by atoms with van der Waals surface area (Å²) in [5.74, 6) is -1.32. The van der Waals surface area contributed by atoms with Crippen LogP contribution in [0.2, 0.25) is 0 Å². The molecule has 21 heavy (non-hydrogen) atoms. The van der Waals surface area contributed by atoms with Gasteiger partial charge in [0.1, 0.15) is 10.7 Å². The summed E-state index contributed by atoms with van der Waals surface area (Å²) >= 11 is 0. The Bertz CT molecular complexity index is 617. The molecule has 0 spiro atoms. The molecule has 0 aromatic heterocycles. The van der Waals surface area contributed by atoms with Crippen molar-refractivity contribution in [3.8, 4) is 0 Å². The normalized spacial score (nSPS) is 13.2. The molecule has 6 nitrogen and oxygen atoms in total. The number of nitrogens with zero attached hydrogens (tertiary/aromatic N) is 1. The van der Waals surface area contributed by atoms with Crippen molar-refractivity contribution in [3.05, 3.63) is 24.0 Å². The number of anilines is 1. The number of hydrogen-bond donors (Lipinski definition) is 2. The zero-order valence-corrected chi connectivity index (χ0v) is 12.9. The van der Waals surface area contributed by atoms with Gasteiger partial charge in [0.25, 0.3) is 0 Å². The van der Waals surface area contributed by atoms with Crippen LogP contribution in [0.25, 0.3) is 0 Å². The van der Waals surface area contributed by atoms with Gasteiger partial charge >= 0.3 is 0 Å². The van der Waals surface area contributed by atoms with Gasteiger partial charge in [0.15, 0.2) is 0 Å². The van der Waals surface area contributed by atoms with Gasteiger partial charge in [0.05, 0.1) is 6.10 Å². The molecule has 0 radical (unpaired) electrons. The Morgan fingerprint density at radius 3 is 2.57 bits per heavy atom. The van der Waals surface area contributed by atoms with E-state index in [2.05, 4.69) is 5.32 Å². The van der Waals surface area contributed by atoms with Gasteiger partial charge in [0.2, 0.25) is 15.9 Å². The molecule has 0 saturated carbocycles. The predicted molar refractivity (Wildman–Crippen MR) is 76.8 cm³/mol. The fraction of sp³-hybridized carbons (Fsp3) is 0.462. The van der Waals surface area contributed by atoms with Crippen molar-refractivity contribution in [3.63, 3.8) is 0 Å². The molecule has 0 aliphatic rings. The standard InChI is InChI=1S/C13H19FN2O4S/c1-9(17)6-7-16(3)21(19,20)13-5-4-11(8-12(13)14)15-10(2)18/h4-5,8-9,17H,6-7H2,1-3H3,(H,15,18). The first kappa shape index (κ1) is 17.5. The maximum absolute atomic E-state index is 13.9. The van der Waals surface area contributed by atoms with Gasteiger partial charge in [0, 0.05) is 26.2 Å². The number of halogens is 1. The molecule has 1 amide bonds. The van der Waals surface area contributed by atoms with Gasteiger partial charge in [-0.25, -0.2) is 17.1 Å². The largest absolute Gasteiger partial charge is 0.393 e. The minimum Gasteiger partial charge on any atom is -0.393 e. The number of amides is 1. The van der Waals surface area contributed by atoms with Crippen LogP contribution in [-0.4, -0.2) is 43.4 Å². The highest BCUT2D eigenvalue weighted by atomic mass is 32.2. The summed E-state index contributed by atoms with van der Waals surface area (Å²) in [5.41, 5.74) is 0.186. The maximum atomic E-state index is 13.9. The molecular formula is C13H19FN2O4S. The van der Waals surface area contributed by atoms with Gasteiger partial charge in [-0.1, -0.05) is 0 Å². The second-order valence-corrected chi connectivity index (χ2v) is 6.80. The summed E-state index contributed by atoms with van der Waals surface area (Å²) in [4.78, 5) is 10.4. The lowest BCUT2D eigenvalue weighted by molar-refractivity contribution is -0.114. The summed E-state index contributed by atoms with van der Waals surface area (Å²) < 4.78 is 39.4. The van der Waals surface area contributed by atoms with Crippen LogP contribution in [0.1, 0.15) is 20.3 Å². The molecule has 0 aliphatic heterocycles. The first-order valence-corrected chi connectivity index (χ1v) is 7.80. The Balaban J connectivity index is 3.00. The Morgan fingerprint density at radius 1 is 1.48 bits per heavy atom. The molecule has 118 valence electrons. The van der Waals surface area contributed by atoms with E-state index in [0.717, 1.165) is 16.4 Å². The van der Waals surface area contributed by atoms with Crippen molar-refractivity contribution in [1.29, 1.82) is 0 Å². The lowest BCUT2D eigenvalue weighted by Crippen LogP contribution is -2.30. The number of aliphatic hydroxyl groups is 1. The summed E-state index contributed by atoms with van der Waals surface area (Å²) in [6, 6.07) is 3.38. The highest BCUT2D eigenvalue weighted by Crippen LogP contribution is 2.22. The van der Waals surface area contributed by atoms with Crippen LogP contribution in [0.4, 0.5) is 10.1 Å². The average molecular weight is 318 g/mol. The van der Waals surface area contributed by atoms with Gasteiger partial charge in [-0.3, -0.25) is 4.79 Å². The third-order valence-electron chi connectivity index (χ3n) is 2.80. The smallest absolute Gasteiger partial charge is 0.245 e. The van der Waals surface area contributed by atoms with Crippen LogP contribution in [0.15, 0.2) is 23.1 Å². The fourth-order valence-electron chi connectivity index (χ4n) is 1.65. The Morgan fingerprint density at radius 2 is 2.10 bits per heavy atom. The van der Waals surface area contributed by atoms with Crippen LogP contribution in [0.3, 0.4) is 0 Å². The second-order valence-electron chi connectivity index (χ2n) is 4.79. The topological polar surface area (TPSA) is 86.7 Å². The Labute approximate surface area is 123 Å². The van der Waals surface area contributed by atoms with Crippen LogP contribution in [-0.2, 0) is 14.8 Å². The van der Waals surface area contributed by atoms with Crippen molar-refractivity contribution < 1.29 is 22.7 Å². The molecule has 0 bridgehead atoms. The van der Waals surface area contributed by atoms with Crippen LogP contribution in [0.5, 0.6) is 0 Å². The number of carbonyl (C=O) groups is 1. The maximum Gasteiger partial charge on any atom is 0.245 e. The number of sulfonamides is 1. The lowest BCUT2D eigenvalue weighted by atomic mass is 10.3. The predicted octanol–water partition coefficient (Wildman–Crippen LogP) is 1.18. The molecule has 8 heteroatoms. The first-order valence-electron chi connectivity index (χ1n) is 6.36. The van der Waals surface area contributed by atoms with E-state index >= 15 is 0 Å². The number of rotatable bonds is 6. The van der Waals surface area contributed by atoms with E-state index < -0.39 is 26.8 Å². The lowest BCUT2D eigenvalue weighted by Gasteiger charge is -2.18. The molecule has 0 saturated heterocycles.